The summed E-state index contributed by atoms with van der Waals surface area (Å²) in [5, 5.41) is 15.4. The molecular weight excluding hydrogens is 268 g/mol. The van der Waals surface area contributed by atoms with Crippen molar-refractivity contribution in [2.45, 2.75) is 19.4 Å². The molecule has 0 bridgehead atoms. The Hall–Kier alpha value is -1.52. The van der Waals surface area contributed by atoms with E-state index in [-0.39, 0.29) is 6.04 Å². The van der Waals surface area contributed by atoms with Crippen LogP contribution in [0.4, 0.5) is 5.69 Å². The predicted molar refractivity (Wildman–Crippen MR) is 86.9 cm³/mol. The Morgan fingerprint density at radius 1 is 1.35 bits per heavy atom. The molecule has 0 aliphatic rings. The fourth-order valence-electron chi connectivity index (χ4n) is 2.15. The predicted octanol–water partition coefficient (Wildman–Crippen LogP) is 3.41. The van der Waals surface area contributed by atoms with Gasteiger partial charge >= 0.3 is 0 Å². The van der Waals surface area contributed by atoms with Gasteiger partial charge in [-0.25, -0.2) is 0 Å². The molecule has 4 heteroatoms. The number of nitrogens with zero attached hydrogens (tertiary/aromatic N) is 1. The minimum absolute atomic E-state index is 0.153. The van der Waals surface area contributed by atoms with Crippen molar-refractivity contribution in [3.05, 3.63) is 46.2 Å². The van der Waals surface area contributed by atoms with Crippen LogP contribution in [-0.2, 0) is 6.42 Å². The first-order valence-corrected chi connectivity index (χ1v) is 7.73. The molecule has 1 heterocycles. The van der Waals surface area contributed by atoms with Crippen molar-refractivity contribution in [2.75, 3.05) is 25.5 Å². The average Bonchev–Trinajstić information content (AvgIpc) is 2.97. The maximum atomic E-state index is 10.1. The van der Waals surface area contributed by atoms with Crippen LogP contribution in [0.2, 0.25) is 0 Å². The largest absolute Gasteiger partial charge is 0.508 e. The van der Waals surface area contributed by atoms with Gasteiger partial charge in [-0.15, -0.1) is 11.3 Å². The van der Waals surface area contributed by atoms with Gasteiger partial charge in [0.05, 0.1) is 0 Å². The van der Waals surface area contributed by atoms with Crippen LogP contribution < -0.4 is 10.2 Å². The fourth-order valence-corrected chi connectivity index (χ4v) is 2.85. The smallest absolute Gasteiger partial charge is 0.122 e. The standard InChI is InChI=1S/C16H22N2OS/c1-12(17-2)15-7-6-13(11-16(15)19)18(3)9-8-14-5-4-10-20-14/h4-7,10-12,17,19H,8-9H2,1-3H3. The Labute approximate surface area is 124 Å². The maximum Gasteiger partial charge on any atom is 0.122 e. The topological polar surface area (TPSA) is 35.5 Å². The first-order chi connectivity index (χ1) is 9.61. The van der Waals surface area contributed by atoms with E-state index in [1.54, 1.807) is 11.3 Å². The van der Waals surface area contributed by atoms with Crippen LogP contribution in [-0.4, -0.2) is 25.7 Å². The molecule has 0 spiro atoms. The van der Waals surface area contributed by atoms with Crippen LogP contribution in [0.5, 0.6) is 5.75 Å². The number of hydrogen-bond donors (Lipinski definition) is 2. The summed E-state index contributed by atoms with van der Waals surface area (Å²) in [6.07, 6.45) is 1.03. The van der Waals surface area contributed by atoms with Gasteiger partial charge in [-0.3, -0.25) is 0 Å². The lowest BCUT2D eigenvalue weighted by Crippen LogP contribution is -2.20. The number of likely N-dealkylation sites (N-methyl/N-ethyl adjacent to an activating group) is 1. The molecule has 0 aliphatic heterocycles. The van der Waals surface area contributed by atoms with Crippen LogP contribution in [0, 0.1) is 0 Å². The van der Waals surface area contributed by atoms with Gasteiger partial charge in [0.15, 0.2) is 0 Å². The second-order valence-corrected chi connectivity index (χ2v) is 6.04. The Morgan fingerprint density at radius 3 is 2.75 bits per heavy atom. The molecule has 2 aromatic rings. The molecule has 0 fully saturated rings. The molecule has 0 saturated carbocycles. The summed E-state index contributed by atoms with van der Waals surface area (Å²) < 4.78 is 0. The average molecular weight is 290 g/mol. The maximum absolute atomic E-state index is 10.1. The van der Waals surface area contributed by atoms with Crippen molar-refractivity contribution in [2.24, 2.45) is 0 Å². The Kier molecular flexibility index (Phi) is 5.04. The quantitative estimate of drug-likeness (QED) is 0.856. The van der Waals surface area contributed by atoms with Gasteiger partial charge in [-0.05, 0) is 37.9 Å². The number of thiophene rings is 1. The summed E-state index contributed by atoms with van der Waals surface area (Å²) in [5.74, 6) is 0.354. The van der Waals surface area contributed by atoms with Crippen molar-refractivity contribution < 1.29 is 5.11 Å². The monoisotopic (exact) mass is 290 g/mol. The fraction of sp³-hybridized carbons (Fsp3) is 0.375. The number of rotatable bonds is 6. The highest BCUT2D eigenvalue weighted by molar-refractivity contribution is 7.09. The van der Waals surface area contributed by atoms with Gasteiger partial charge < -0.3 is 15.3 Å². The summed E-state index contributed by atoms with van der Waals surface area (Å²) in [7, 11) is 3.95. The van der Waals surface area contributed by atoms with E-state index in [0.717, 1.165) is 24.2 Å². The summed E-state index contributed by atoms with van der Waals surface area (Å²) in [4.78, 5) is 3.56. The number of benzene rings is 1. The van der Waals surface area contributed by atoms with Crippen LogP contribution >= 0.6 is 11.3 Å². The van der Waals surface area contributed by atoms with E-state index >= 15 is 0 Å². The van der Waals surface area contributed by atoms with E-state index in [2.05, 4.69) is 40.8 Å². The molecule has 2 N–H and O–H groups in total. The van der Waals surface area contributed by atoms with Crippen LogP contribution in [0.25, 0.3) is 0 Å². The van der Waals surface area contributed by atoms with Crippen molar-refractivity contribution >= 4 is 17.0 Å². The third-order valence-corrected chi connectivity index (χ3v) is 4.56. The minimum Gasteiger partial charge on any atom is -0.508 e. The van der Waals surface area contributed by atoms with Gasteiger partial charge in [0.2, 0.25) is 0 Å². The molecule has 0 amide bonds. The van der Waals surface area contributed by atoms with Crippen LogP contribution in [0.1, 0.15) is 23.4 Å². The van der Waals surface area contributed by atoms with Crippen LogP contribution in [0.3, 0.4) is 0 Å². The van der Waals surface area contributed by atoms with E-state index < -0.39 is 0 Å². The molecule has 1 aromatic heterocycles. The zero-order valence-electron chi connectivity index (χ0n) is 12.3. The summed E-state index contributed by atoms with van der Waals surface area (Å²) in [5.41, 5.74) is 1.98. The number of anilines is 1. The molecule has 1 aromatic carbocycles. The molecular formula is C16H22N2OS. The Morgan fingerprint density at radius 2 is 2.15 bits per heavy atom. The lowest BCUT2D eigenvalue weighted by molar-refractivity contribution is 0.458. The lowest BCUT2D eigenvalue weighted by Gasteiger charge is -2.21. The van der Waals surface area contributed by atoms with Crippen molar-refractivity contribution in [3.63, 3.8) is 0 Å². The molecule has 0 aliphatic carbocycles. The van der Waals surface area contributed by atoms with E-state index in [0.29, 0.717) is 5.75 Å². The zero-order valence-corrected chi connectivity index (χ0v) is 13.1. The second-order valence-electron chi connectivity index (χ2n) is 5.00. The molecule has 0 saturated heterocycles. The van der Waals surface area contributed by atoms with Crippen molar-refractivity contribution in [3.8, 4) is 5.75 Å². The third-order valence-electron chi connectivity index (χ3n) is 3.63. The molecule has 3 nitrogen and oxygen atoms in total. The van der Waals surface area contributed by atoms with E-state index in [4.69, 9.17) is 0 Å². The van der Waals surface area contributed by atoms with E-state index in [1.807, 2.05) is 26.1 Å². The summed E-state index contributed by atoms with van der Waals surface area (Å²) in [6.45, 7) is 2.98. The number of nitrogens with one attached hydrogen (secondary N) is 1. The third kappa shape index (κ3) is 3.52. The van der Waals surface area contributed by atoms with Crippen molar-refractivity contribution in [1.29, 1.82) is 0 Å². The number of phenolic OH excluding ortho intramolecular Hbond substituents is 1. The second kappa shape index (κ2) is 6.77. The summed E-state index contributed by atoms with van der Waals surface area (Å²) >= 11 is 1.79. The lowest BCUT2D eigenvalue weighted by atomic mass is 10.1. The molecule has 1 atom stereocenters. The number of hydrogen-bond acceptors (Lipinski definition) is 4. The summed E-state index contributed by atoms with van der Waals surface area (Å²) in [6, 6.07) is 10.3. The number of aromatic hydroxyl groups is 1. The zero-order chi connectivity index (χ0) is 14.5. The number of phenols is 1. The molecule has 0 radical (unpaired) electrons. The van der Waals surface area contributed by atoms with E-state index in [1.165, 1.54) is 4.88 Å². The SMILES string of the molecule is CNC(C)c1ccc(N(C)CCc2cccs2)cc1O. The highest BCUT2D eigenvalue weighted by Gasteiger charge is 2.10. The Bertz CT molecular complexity index is 539. The van der Waals surface area contributed by atoms with Gasteiger partial charge in [0.1, 0.15) is 5.75 Å². The molecule has 20 heavy (non-hydrogen) atoms. The van der Waals surface area contributed by atoms with Crippen molar-refractivity contribution in [1.82, 2.24) is 5.32 Å². The van der Waals surface area contributed by atoms with Gasteiger partial charge in [0, 0.05) is 41.8 Å². The molecule has 108 valence electrons. The minimum atomic E-state index is 0.153. The van der Waals surface area contributed by atoms with Gasteiger partial charge in [-0.1, -0.05) is 12.1 Å². The molecule has 1 unspecified atom stereocenters. The van der Waals surface area contributed by atoms with Crippen LogP contribution in [0.15, 0.2) is 35.7 Å². The van der Waals surface area contributed by atoms with Gasteiger partial charge in [0.25, 0.3) is 0 Å². The van der Waals surface area contributed by atoms with Gasteiger partial charge in [-0.2, -0.15) is 0 Å². The van der Waals surface area contributed by atoms with E-state index in [9.17, 15) is 5.11 Å². The highest BCUT2D eigenvalue weighted by Crippen LogP contribution is 2.28. The Balaban J connectivity index is 2.03. The normalized spacial score (nSPS) is 12.3. The highest BCUT2D eigenvalue weighted by atomic mass is 32.1. The molecule has 2 rings (SSSR count). The first-order valence-electron chi connectivity index (χ1n) is 6.85. The first kappa shape index (κ1) is 14.9.